The number of methoxy groups -OCH3 is 1. The van der Waals surface area contributed by atoms with E-state index < -0.39 is 4.92 Å². The smallest absolute Gasteiger partial charge is 0.292 e. The molecule has 0 saturated heterocycles. The number of halogens is 1. The molecule has 8 nitrogen and oxygen atoms in total. The lowest BCUT2D eigenvalue weighted by molar-refractivity contribution is -0.383. The van der Waals surface area contributed by atoms with Crippen LogP contribution in [0.1, 0.15) is 0 Å². The molecule has 1 aromatic carbocycles. The summed E-state index contributed by atoms with van der Waals surface area (Å²) < 4.78 is 4.87. The van der Waals surface area contributed by atoms with Gasteiger partial charge in [-0.25, -0.2) is 0 Å². The molecule has 22 heavy (non-hydrogen) atoms. The number of benzene rings is 1. The molecule has 1 amide bonds. The highest BCUT2D eigenvalue weighted by Crippen LogP contribution is 2.22. The summed E-state index contributed by atoms with van der Waals surface area (Å²) in [4.78, 5) is 21.9. The molecule has 1 rings (SSSR count). The van der Waals surface area contributed by atoms with E-state index in [1.54, 1.807) is 25.3 Å². The molecular weight excluding hydrogens is 312 g/mol. The number of nitro groups is 1. The quantitative estimate of drug-likeness (QED) is 0.332. The molecule has 0 radical (unpaired) electrons. The first-order valence-corrected chi connectivity index (χ1v) is 6.58. The van der Waals surface area contributed by atoms with Crippen LogP contribution in [0.3, 0.4) is 0 Å². The number of rotatable bonds is 10. The van der Waals surface area contributed by atoms with Crippen molar-refractivity contribution in [3.8, 4) is 0 Å². The van der Waals surface area contributed by atoms with E-state index in [1.807, 2.05) is 0 Å². The maximum absolute atomic E-state index is 11.6. The van der Waals surface area contributed by atoms with E-state index in [1.165, 1.54) is 6.07 Å². The number of carbonyl (C=O) groups excluding carboxylic acids is 1. The fraction of sp³-hybridized carbons (Fsp3) is 0.462. The number of hydrogen-bond donors (Lipinski definition) is 3. The highest BCUT2D eigenvalue weighted by atomic mass is 35.5. The van der Waals surface area contributed by atoms with Crippen molar-refractivity contribution in [3.05, 3.63) is 34.4 Å². The Morgan fingerprint density at radius 2 is 2.00 bits per heavy atom. The van der Waals surface area contributed by atoms with Gasteiger partial charge in [-0.1, -0.05) is 12.1 Å². The molecule has 3 N–H and O–H groups in total. The van der Waals surface area contributed by atoms with E-state index >= 15 is 0 Å². The Balaban J connectivity index is 0.00000441. The summed E-state index contributed by atoms with van der Waals surface area (Å²) in [6.45, 7) is 2.46. The van der Waals surface area contributed by atoms with Crippen LogP contribution >= 0.6 is 12.4 Å². The molecule has 0 saturated carbocycles. The number of amides is 1. The maximum atomic E-state index is 11.6. The normalized spacial score (nSPS) is 9.68. The van der Waals surface area contributed by atoms with Gasteiger partial charge in [0.15, 0.2) is 0 Å². The lowest BCUT2D eigenvalue weighted by atomic mass is 10.2. The SMILES string of the molecule is COCCNCCNC(=O)CNc1ccccc1[N+](=O)[O-].Cl. The first-order valence-electron chi connectivity index (χ1n) is 6.58. The topological polar surface area (TPSA) is 106 Å². The van der Waals surface area contributed by atoms with Gasteiger partial charge in [0.05, 0.1) is 18.1 Å². The minimum atomic E-state index is -0.486. The summed E-state index contributed by atoms with van der Waals surface area (Å²) >= 11 is 0. The Morgan fingerprint density at radius 1 is 1.27 bits per heavy atom. The lowest BCUT2D eigenvalue weighted by Gasteiger charge is -2.08. The third kappa shape index (κ3) is 7.77. The highest BCUT2D eigenvalue weighted by molar-refractivity contribution is 5.85. The molecule has 0 aliphatic heterocycles. The Kier molecular flexibility index (Phi) is 10.7. The Bertz CT molecular complexity index is 473. The number of para-hydroxylation sites is 2. The molecule has 0 spiro atoms. The van der Waals surface area contributed by atoms with Crippen LogP contribution in [0.25, 0.3) is 0 Å². The van der Waals surface area contributed by atoms with Gasteiger partial charge in [-0.3, -0.25) is 14.9 Å². The lowest BCUT2D eigenvalue weighted by Crippen LogP contribution is -2.36. The summed E-state index contributed by atoms with van der Waals surface area (Å²) in [5.41, 5.74) is 0.280. The molecule has 124 valence electrons. The zero-order chi connectivity index (χ0) is 15.5. The zero-order valence-corrected chi connectivity index (χ0v) is 13.1. The maximum Gasteiger partial charge on any atom is 0.292 e. The minimum Gasteiger partial charge on any atom is -0.383 e. The Hall–Kier alpha value is -1.90. The van der Waals surface area contributed by atoms with Crippen LogP contribution in [0.4, 0.5) is 11.4 Å². The molecule has 1 aromatic rings. The second-order valence-corrected chi connectivity index (χ2v) is 4.22. The fourth-order valence-electron chi connectivity index (χ4n) is 1.61. The highest BCUT2D eigenvalue weighted by Gasteiger charge is 2.12. The molecule has 0 bridgehead atoms. The second-order valence-electron chi connectivity index (χ2n) is 4.22. The van der Waals surface area contributed by atoms with Crippen molar-refractivity contribution in [2.45, 2.75) is 0 Å². The summed E-state index contributed by atoms with van der Waals surface area (Å²) in [6, 6.07) is 6.21. The number of nitro benzene ring substituents is 1. The predicted molar refractivity (Wildman–Crippen MR) is 86.6 cm³/mol. The van der Waals surface area contributed by atoms with Gasteiger partial charge in [0.1, 0.15) is 5.69 Å². The van der Waals surface area contributed by atoms with Gasteiger partial charge < -0.3 is 20.7 Å². The van der Waals surface area contributed by atoms with Gasteiger partial charge in [-0.15, -0.1) is 12.4 Å². The third-order valence-corrected chi connectivity index (χ3v) is 2.65. The average Bonchev–Trinajstić information content (AvgIpc) is 2.49. The number of nitrogens with one attached hydrogen (secondary N) is 3. The molecule has 9 heteroatoms. The van der Waals surface area contributed by atoms with E-state index in [-0.39, 0.29) is 30.5 Å². The predicted octanol–water partition coefficient (Wildman–Crippen LogP) is 0.781. The number of carbonyl (C=O) groups is 1. The monoisotopic (exact) mass is 332 g/mol. The van der Waals surface area contributed by atoms with Crippen molar-refractivity contribution >= 4 is 29.7 Å². The van der Waals surface area contributed by atoms with Crippen molar-refractivity contribution in [2.24, 2.45) is 0 Å². The van der Waals surface area contributed by atoms with Gasteiger partial charge in [-0.2, -0.15) is 0 Å². The Morgan fingerprint density at radius 3 is 2.68 bits per heavy atom. The van der Waals surface area contributed by atoms with Crippen LogP contribution in [0.15, 0.2) is 24.3 Å². The summed E-state index contributed by atoms with van der Waals surface area (Å²) in [5, 5.41) is 19.4. The fourth-order valence-corrected chi connectivity index (χ4v) is 1.61. The molecule has 0 unspecified atom stereocenters. The molecular formula is C13H21ClN4O4. The minimum absolute atomic E-state index is 0. The van der Waals surface area contributed by atoms with Crippen LogP contribution in [0.5, 0.6) is 0 Å². The van der Waals surface area contributed by atoms with E-state index in [4.69, 9.17) is 4.74 Å². The van der Waals surface area contributed by atoms with Gasteiger partial charge >= 0.3 is 0 Å². The molecule has 0 aliphatic rings. The number of anilines is 1. The molecule has 0 heterocycles. The second kappa shape index (κ2) is 11.7. The summed E-state index contributed by atoms with van der Waals surface area (Å²) in [7, 11) is 1.62. The van der Waals surface area contributed by atoms with E-state index in [0.717, 1.165) is 6.54 Å². The Labute approximate surface area is 135 Å². The molecule has 0 atom stereocenters. The largest absolute Gasteiger partial charge is 0.383 e. The number of ether oxygens (including phenoxy) is 1. The first-order chi connectivity index (χ1) is 10.1. The van der Waals surface area contributed by atoms with Crippen molar-refractivity contribution in [2.75, 3.05) is 45.2 Å². The number of nitrogens with zero attached hydrogens (tertiary/aromatic N) is 1. The van der Waals surface area contributed by atoms with Crippen molar-refractivity contribution in [1.29, 1.82) is 0 Å². The third-order valence-electron chi connectivity index (χ3n) is 2.65. The van der Waals surface area contributed by atoms with Crippen LogP contribution < -0.4 is 16.0 Å². The van der Waals surface area contributed by atoms with Gasteiger partial charge in [0, 0.05) is 32.8 Å². The van der Waals surface area contributed by atoms with Crippen LogP contribution in [-0.2, 0) is 9.53 Å². The van der Waals surface area contributed by atoms with Crippen molar-refractivity contribution < 1.29 is 14.5 Å². The van der Waals surface area contributed by atoms with E-state index in [2.05, 4.69) is 16.0 Å². The summed E-state index contributed by atoms with van der Waals surface area (Å²) in [6.07, 6.45) is 0. The molecule has 0 fully saturated rings. The van der Waals surface area contributed by atoms with Gasteiger partial charge in [0.25, 0.3) is 5.69 Å². The first kappa shape index (κ1) is 20.1. The van der Waals surface area contributed by atoms with E-state index in [9.17, 15) is 14.9 Å². The van der Waals surface area contributed by atoms with Gasteiger partial charge in [0.2, 0.25) is 5.91 Å². The van der Waals surface area contributed by atoms with Crippen LogP contribution in [0, 0.1) is 10.1 Å². The van der Waals surface area contributed by atoms with Crippen LogP contribution in [0.2, 0.25) is 0 Å². The molecule has 0 aliphatic carbocycles. The van der Waals surface area contributed by atoms with Crippen molar-refractivity contribution in [3.63, 3.8) is 0 Å². The van der Waals surface area contributed by atoms with Crippen LogP contribution in [-0.4, -0.2) is 50.7 Å². The standard InChI is InChI=1S/C13H20N4O4.ClH/c1-21-9-8-14-6-7-15-13(18)10-16-11-4-2-3-5-12(11)17(19)20;/h2-5,14,16H,6-10H2,1H3,(H,15,18);1H. The van der Waals surface area contributed by atoms with Gasteiger partial charge in [-0.05, 0) is 6.07 Å². The number of hydrogen-bond acceptors (Lipinski definition) is 6. The molecule has 0 aromatic heterocycles. The van der Waals surface area contributed by atoms with Crippen molar-refractivity contribution in [1.82, 2.24) is 10.6 Å². The summed E-state index contributed by atoms with van der Waals surface area (Å²) in [5.74, 6) is -0.221. The average molecular weight is 333 g/mol. The van der Waals surface area contributed by atoms with E-state index in [0.29, 0.717) is 25.4 Å². The zero-order valence-electron chi connectivity index (χ0n) is 12.3.